The van der Waals surface area contributed by atoms with Crippen molar-refractivity contribution in [1.82, 2.24) is 10.4 Å². The van der Waals surface area contributed by atoms with Gasteiger partial charge in [0.2, 0.25) is 0 Å². The molecule has 0 aromatic carbocycles. The van der Waals surface area contributed by atoms with Crippen molar-refractivity contribution in [3.63, 3.8) is 0 Å². The van der Waals surface area contributed by atoms with Gasteiger partial charge >= 0.3 is 0 Å². The van der Waals surface area contributed by atoms with Crippen molar-refractivity contribution in [2.45, 2.75) is 32.2 Å². The van der Waals surface area contributed by atoms with Gasteiger partial charge in [0, 0.05) is 31.6 Å². The predicted octanol–water partition coefficient (Wildman–Crippen LogP) is 1.27. The van der Waals surface area contributed by atoms with Crippen molar-refractivity contribution in [2.75, 3.05) is 13.2 Å². The van der Waals surface area contributed by atoms with Crippen LogP contribution in [-0.2, 0) is 11.2 Å². The average Bonchev–Trinajstić information content (AvgIpc) is 2.34. The summed E-state index contributed by atoms with van der Waals surface area (Å²) in [6, 6.07) is 4.31. The van der Waals surface area contributed by atoms with E-state index >= 15 is 0 Å². The van der Waals surface area contributed by atoms with Gasteiger partial charge in [0.1, 0.15) is 0 Å². The Morgan fingerprint density at radius 2 is 2.44 bits per heavy atom. The largest absolute Gasteiger partial charge is 0.382 e. The minimum absolute atomic E-state index is 0.296. The molecule has 0 radical (unpaired) electrons. The minimum atomic E-state index is 0.296. The van der Waals surface area contributed by atoms with Crippen molar-refractivity contribution in [3.05, 3.63) is 30.1 Å². The Morgan fingerprint density at radius 3 is 3.06 bits per heavy atom. The maximum absolute atomic E-state index is 5.52. The van der Waals surface area contributed by atoms with Crippen molar-refractivity contribution < 1.29 is 4.74 Å². The molecule has 0 amide bonds. The standard InChI is InChI=1S/C12H21N3O/c1-2-16-8-4-6-12(15-13)9-11-5-3-7-14-10-11/h3,5,7,10,12,15H,2,4,6,8-9,13H2,1H3. The Bertz CT molecular complexity index is 266. The topological polar surface area (TPSA) is 60.2 Å². The molecular formula is C12H21N3O. The SMILES string of the molecule is CCOCCCC(Cc1cccnc1)NN. The fraction of sp³-hybridized carbons (Fsp3) is 0.583. The second-order valence-corrected chi connectivity index (χ2v) is 3.77. The van der Waals surface area contributed by atoms with Gasteiger partial charge in [-0.05, 0) is 37.8 Å². The van der Waals surface area contributed by atoms with Crippen molar-refractivity contribution in [3.8, 4) is 0 Å². The van der Waals surface area contributed by atoms with Crippen LogP contribution in [0.1, 0.15) is 25.3 Å². The summed E-state index contributed by atoms with van der Waals surface area (Å²) in [5, 5.41) is 0. The number of aromatic nitrogens is 1. The van der Waals surface area contributed by atoms with Gasteiger partial charge < -0.3 is 4.74 Å². The number of hydrazine groups is 1. The molecule has 1 atom stereocenters. The Labute approximate surface area is 97.2 Å². The van der Waals surface area contributed by atoms with E-state index in [-0.39, 0.29) is 0 Å². The maximum Gasteiger partial charge on any atom is 0.0466 e. The molecule has 1 unspecified atom stereocenters. The first-order valence-electron chi connectivity index (χ1n) is 5.79. The molecule has 0 saturated heterocycles. The van der Waals surface area contributed by atoms with Gasteiger partial charge in [0.15, 0.2) is 0 Å². The Hall–Kier alpha value is -0.970. The first kappa shape index (κ1) is 13.1. The molecule has 0 aliphatic heterocycles. The summed E-state index contributed by atoms with van der Waals surface area (Å²) in [4.78, 5) is 4.09. The number of rotatable bonds is 8. The van der Waals surface area contributed by atoms with Gasteiger partial charge in [-0.25, -0.2) is 0 Å². The first-order valence-corrected chi connectivity index (χ1v) is 5.79. The molecule has 0 fully saturated rings. The van der Waals surface area contributed by atoms with E-state index in [0.717, 1.165) is 32.5 Å². The molecule has 1 aromatic rings. The first-order chi connectivity index (χ1) is 7.86. The van der Waals surface area contributed by atoms with E-state index in [1.54, 1.807) is 6.20 Å². The molecule has 0 bridgehead atoms. The molecule has 90 valence electrons. The number of nitrogens with one attached hydrogen (secondary N) is 1. The van der Waals surface area contributed by atoms with E-state index in [1.165, 1.54) is 5.56 Å². The molecule has 1 heterocycles. The zero-order valence-electron chi connectivity index (χ0n) is 9.86. The normalized spacial score (nSPS) is 12.6. The number of nitrogens with two attached hydrogens (primary N) is 1. The maximum atomic E-state index is 5.52. The molecule has 0 spiro atoms. The molecule has 3 N–H and O–H groups in total. The predicted molar refractivity (Wildman–Crippen MR) is 64.8 cm³/mol. The Balaban J connectivity index is 2.26. The summed E-state index contributed by atoms with van der Waals surface area (Å²) in [6.45, 7) is 3.60. The van der Waals surface area contributed by atoms with Crippen LogP contribution >= 0.6 is 0 Å². The quantitative estimate of drug-likeness (QED) is 0.396. The number of ether oxygens (including phenoxy) is 1. The fourth-order valence-corrected chi connectivity index (χ4v) is 1.62. The molecule has 0 saturated carbocycles. The van der Waals surface area contributed by atoms with E-state index in [2.05, 4.69) is 16.5 Å². The van der Waals surface area contributed by atoms with Gasteiger partial charge in [-0.3, -0.25) is 16.3 Å². The van der Waals surface area contributed by atoms with Crippen LogP contribution in [0.3, 0.4) is 0 Å². The highest BCUT2D eigenvalue weighted by atomic mass is 16.5. The summed E-state index contributed by atoms with van der Waals surface area (Å²) in [5.41, 5.74) is 4.05. The molecule has 4 heteroatoms. The number of hydrogen-bond acceptors (Lipinski definition) is 4. The zero-order valence-corrected chi connectivity index (χ0v) is 9.86. The highest BCUT2D eigenvalue weighted by molar-refractivity contribution is 5.09. The van der Waals surface area contributed by atoms with Crippen LogP contribution in [0, 0.1) is 0 Å². The fourth-order valence-electron chi connectivity index (χ4n) is 1.62. The van der Waals surface area contributed by atoms with Gasteiger partial charge in [-0.2, -0.15) is 0 Å². The monoisotopic (exact) mass is 223 g/mol. The van der Waals surface area contributed by atoms with Crippen LogP contribution in [0.25, 0.3) is 0 Å². The lowest BCUT2D eigenvalue weighted by molar-refractivity contribution is 0.140. The van der Waals surface area contributed by atoms with E-state index in [9.17, 15) is 0 Å². The van der Waals surface area contributed by atoms with Crippen LogP contribution in [0.5, 0.6) is 0 Å². The summed E-state index contributed by atoms with van der Waals surface area (Å²) >= 11 is 0. The number of nitrogens with zero attached hydrogens (tertiary/aromatic N) is 1. The van der Waals surface area contributed by atoms with Crippen LogP contribution in [0.15, 0.2) is 24.5 Å². The van der Waals surface area contributed by atoms with Gasteiger partial charge in [-0.15, -0.1) is 0 Å². The summed E-state index contributed by atoms with van der Waals surface area (Å²) in [6.07, 6.45) is 6.63. The highest BCUT2D eigenvalue weighted by Crippen LogP contribution is 2.05. The van der Waals surface area contributed by atoms with Crippen molar-refractivity contribution in [2.24, 2.45) is 5.84 Å². The van der Waals surface area contributed by atoms with E-state index < -0.39 is 0 Å². The number of pyridine rings is 1. The third kappa shape index (κ3) is 5.21. The second kappa shape index (κ2) is 8.21. The number of hydrogen-bond donors (Lipinski definition) is 2. The summed E-state index contributed by atoms with van der Waals surface area (Å²) < 4.78 is 5.30. The van der Waals surface area contributed by atoms with E-state index in [1.807, 2.05) is 19.2 Å². The summed E-state index contributed by atoms with van der Waals surface area (Å²) in [7, 11) is 0. The highest BCUT2D eigenvalue weighted by Gasteiger charge is 2.07. The summed E-state index contributed by atoms with van der Waals surface area (Å²) in [5.74, 6) is 5.52. The van der Waals surface area contributed by atoms with Gasteiger partial charge in [-0.1, -0.05) is 6.07 Å². The molecule has 16 heavy (non-hydrogen) atoms. The molecule has 1 aromatic heterocycles. The molecule has 4 nitrogen and oxygen atoms in total. The molecule has 1 rings (SSSR count). The van der Waals surface area contributed by atoms with Gasteiger partial charge in [0.25, 0.3) is 0 Å². The lowest BCUT2D eigenvalue weighted by atomic mass is 10.0. The van der Waals surface area contributed by atoms with Crippen LogP contribution in [0.2, 0.25) is 0 Å². The van der Waals surface area contributed by atoms with E-state index in [0.29, 0.717) is 6.04 Å². The zero-order chi connectivity index (χ0) is 11.6. The smallest absolute Gasteiger partial charge is 0.0466 e. The van der Waals surface area contributed by atoms with Crippen LogP contribution in [-0.4, -0.2) is 24.2 Å². The minimum Gasteiger partial charge on any atom is -0.382 e. The lowest BCUT2D eigenvalue weighted by Gasteiger charge is -2.15. The van der Waals surface area contributed by atoms with E-state index in [4.69, 9.17) is 10.6 Å². The van der Waals surface area contributed by atoms with Crippen LogP contribution in [0.4, 0.5) is 0 Å². The average molecular weight is 223 g/mol. The second-order valence-electron chi connectivity index (χ2n) is 3.77. The molecule has 0 aliphatic rings. The van der Waals surface area contributed by atoms with Gasteiger partial charge in [0.05, 0.1) is 0 Å². The molecule has 0 aliphatic carbocycles. The Morgan fingerprint density at radius 1 is 1.56 bits per heavy atom. The molecular weight excluding hydrogens is 202 g/mol. The van der Waals surface area contributed by atoms with Crippen LogP contribution < -0.4 is 11.3 Å². The van der Waals surface area contributed by atoms with Crippen molar-refractivity contribution in [1.29, 1.82) is 0 Å². The Kier molecular flexibility index (Phi) is 6.72. The third-order valence-electron chi connectivity index (χ3n) is 2.49. The lowest BCUT2D eigenvalue weighted by Crippen LogP contribution is -2.37. The third-order valence-corrected chi connectivity index (χ3v) is 2.49. The van der Waals surface area contributed by atoms with Crippen molar-refractivity contribution >= 4 is 0 Å².